The molecule has 3 aromatic heterocycles. The average Bonchev–Trinajstić information content (AvgIpc) is 3.04. The van der Waals surface area contributed by atoms with Gasteiger partial charge in [-0.25, -0.2) is 4.39 Å². The molecule has 3 nitrogen and oxygen atoms in total. The molecule has 0 radical (unpaired) electrons. The second-order valence-electron chi connectivity index (χ2n) is 6.53. The topological polar surface area (TPSA) is 30.7 Å². The molecule has 0 amide bonds. The molecule has 0 bridgehead atoms. The van der Waals surface area contributed by atoms with Crippen molar-refractivity contribution in [3.05, 3.63) is 96.7 Å². The molecular formula is C23H16FN3. The van der Waals surface area contributed by atoms with E-state index < -0.39 is 0 Å². The van der Waals surface area contributed by atoms with Gasteiger partial charge in [-0.1, -0.05) is 30.3 Å². The third-order valence-corrected chi connectivity index (χ3v) is 4.87. The van der Waals surface area contributed by atoms with Crippen LogP contribution in [-0.4, -0.2) is 14.5 Å². The molecule has 5 aromatic rings. The summed E-state index contributed by atoms with van der Waals surface area (Å²) in [4.78, 5) is 8.92. The van der Waals surface area contributed by atoms with E-state index in [0.717, 1.165) is 33.2 Å². The average molecular weight is 353 g/mol. The van der Waals surface area contributed by atoms with E-state index in [0.29, 0.717) is 6.54 Å². The second kappa shape index (κ2) is 6.32. The summed E-state index contributed by atoms with van der Waals surface area (Å²) >= 11 is 0. The summed E-state index contributed by atoms with van der Waals surface area (Å²) in [6.07, 6.45) is 5.44. The highest BCUT2D eigenvalue weighted by atomic mass is 19.1. The predicted octanol–water partition coefficient (Wildman–Crippen LogP) is 5.44. The molecule has 0 fully saturated rings. The number of aromatic nitrogens is 3. The van der Waals surface area contributed by atoms with Gasteiger partial charge in [0.25, 0.3) is 0 Å². The number of halogens is 1. The Hall–Kier alpha value is -3.53. The van der Waals surface area contributed by atoms with E-state index in [4.69, 9.17) is 0 Å². The van der Waals surface area contributed by atoms with Crippen LogP contribution in [0.25, 0.3) is 33.1 Å². The van der Waals surface area contributed by atoms with Crippen molar-refractivity contribution in [3.63, 3.8) is 0 Å². The summed E-state index contributed by atoms with van der Waals surface area (Å²) in [7, 11) is 0. The lowest BCUT2D eigenvalue weighted by atomic mass is 10.1. The van der Waals surface area contributed by atoms with Crippen LogP contribution in [0, 0.1) is 5.82 Å². The Bertz CT molecular complexity index is 1240. The van der Waals surface area contributed by atoms with Crippen LogP contribution in [0.5, 0.6) is 0 Å². The lowest BCUT2D eigenvalue weighted by molar-refractivity contribution is 0.626. The zero-order chi connectivity index (χ0) is 18.2. The number of fused-ring (bicyclic) bond motifs is 3. The van der Waals surface area contributed by atoms with Gasteiger partial charge in [-0.05, 0) is 42.0 Å². The predicted molar refractivity (Wildman–Crippen MR) is 106 cm³/mol. The summed E-state index contributed by atoms with van der Waals surface area (Å²) in [5, 5.41) is 2.34. The van der Waals surface area contributed by atoms with Crippen LogP contribution < -0.4 is 0 Å². The fraction of sp³-hybridized carbons (Fsp3) is 0.0435. The van der Waals surface area contributed by atoms with Crippen LogP contribution in [0.1, 0.15) is 5.56 Å². The molecule has 0 N–H and O–H groups in total. The van der Waals surface area contributed by atoms with Crippen molar-refractivity contribution < 1.29 is 4.39 Å². The van der Waals surface area contributed by atoms with Crippen molar-refractivity contribution in [1.29, 1.82) is 0 Å². The number of pyridine rings is 2. The van der Waals surface area contributed by atoms with Gasteiger partial charge in [0, 0.05) is 47.0 Å². The summed E-state index contributed by atoms with van der Waals surface area (Å²) < 4.78 is 15.6. The van der Waals surface area contributed by atoms with Crippen LogP contribution in [0.15, 0.2) is 85.3 Å². The summed E-state index contributed by atoms with van der Waals surface area (Å²) in [5.41, 5.74) is 5.12. The maximum absolute atomic E-state index is 13.3. The van der Waals surface area contributed by atoms with Gasteiger partial charge in [0.05, 0.1) is 11.2 Å². The summed E-state index contributed by atoms with van der Waals surface area (Å²) in [5.74, 6) is -0.223. The van der Waals surface area contributed by atoms with Crippen molar-refractivity contribution in [2.24, 2.45) is 0 Å². The van der Waals surface area contributed by atoms with Gasteiger partial charge in [0.15, 0.2) is 0 Å². The minimum absolute atomic E-state index is 0.223. The van der Waals surface area contributed by atoms with Crippen molar-refractivity contribution >= 4 is 21.8 Å². The molecule has 0 aliphatic heterocycles. The van der Waals surface area contributed by atoms with E-state index >= 15 is 0 Å². The van der Waals surface area contributed by atoms with E-state index in [1.165, 1.54) is 17.5 Å². The molecule has 0 atom stereocenters. The number of hydrogen-bond acceptors (Lipinski definition) is 2. The van der Waals surface area contributed by atoms with Gasteiger partial charge in [-0.15, -0.1) is 0 Å². The highest BCUT2D eigenvalue weighted by molar-refractivity contribution is 6.11. The minimum Gasteiger partial charge on any atom is -0.334 e. The Morgan fingerprint density at radius 3 is 2.48 bits per heavy atom. The number of benzene rings is 2. The molecule has 3 heterocycles. The quantitative estimate of drug-likeness (QED) is 0.432. The van der Waals surface area contributed by atoms with Gasteiger partial charge < -0.3 is 4.57 Å². The van der Waals surface area contributed by atoms with Crippen molar-refractivity contribution in [1.82, 2.24) is 14.5 Å². The molecule has 4 heteroatoms. The van der Waals surface area contributed by atoms with Gasteiger partial charge in [0.1, 0.15) is 5.82 Å². The molecule has 0 aliphatic rings. The van der Waals surface area contributed by atoms with Crippen molar-refractivity contribution in [3.8, 4) is 11.3 Å². The molecular weight excluding hydrogens is 337 g/mol. The Kier molecular flexibility index (Phi) is 3.68. The molecule has 130 valence electrons. The number of nitrogens with zero attached hydrogens (tertiary/aromatic N) is 3. The van der Waals surface area contributed by atoms with Gasteiger partial charge in [-0.2, -0.15) is 0 Å². The monoisotopic (exact) mass is 353 g/mol. The lowest BCUT2D eigenvalue weighted by Crippen LogP contribution is -2.01. The van der Waals surface area contributed by atoms with Crippen LogP contribution in [0.2, 0.25) is 0 Å². The van der Waals surface area contributed by atoms with Gasteiger partial charge in [-0.3, -0.25) is 9.97 Å². The molecule has 2 aromatic carbocycles. The maximum Gasteiger partial charge on any atom is 0.123 e. The lowest BCUT2D eigenvalue weighted by Gasteiger charge is -2.11. The molecule has 0 saturated carbocycles. The first-order chi connectivity index (χ1) is 13.3. The van der Waals surface area contributed by atoms with Crippen LogP contribution in [0.3, 0.4) is 0 Å². The van der Waals surface area contributed by atoms with Crippen LogP contribution >= 0.6 is 0 Å². The van der Waals surface area contributed by atoms with Crippen molar-refractivity contribution in [2.45, 2.75) is 6.54 Å². The maximum atomic E-state index is 13.3. The molecule has 0 spiro atoms. The van der Waals surface area contributed by atoms with Gasteiger partial charge in [0.2, 0.25) is 0 Å². The Balaban J connectivity index is 1.82. The molecule has 0 aliphatic carbocycles. The first-order valence-corrected chi connectivity index (χ1v) is 8.82. The summed E-state index contributed by atoms with van der Waals surface area (Å²) in [6, 6.07) is 21.0. The second-order valence-corrected chi connectivity index (χ2v) is 6.53. The number of rotatable bonds is 3. The Labute approximate surface area is 155 Å². The number of para-hydroxylation sites is 1. The fourth-order valence-corrected chi connectivity index (χ4v) is 3.65. The molecule has 0 unspecified atom stereocenters. The zero-order valence-electron chi connectivity index (χ0n) is 14.5. The standard InChI is InChI=1S/C23H16FN3/c24-18-9-7-16(8-10-18)15-27-21-6-2-1-5-19(21)20-11-13-26-22(23(20)27)17-4-3-12-25-14-17/h1-14H,15H2. The minimum atomic E-state index is -0.223. The highest BCUT2D eigenvalue weighted by Gasteiger charge is 2.16. The van der Waals surface area contributed by atoms with E-state index in [1.54, 1.807) is 6.20 Å². The van der Waals surface area contributed by atoms with Crippen LogP contribution in [-0.2, 0) is 6.54 Å². The Morgan fingerprint density at radius 2 is 1.67 bits per heavy atom. The van der Waals surface area contributed by atoms with Crippen molar-refractivity contribution in [2.75, 3.05) is 0 Å². The fourth-order valence-electron chi connectivity index (χ4n) is 3.65. The number of hydrogen-bond donors (Lipinski definition) is 0. The van der Waals surface area contributed by atoms with Crippen LogP contribution in [0.4, 0.5) is 4.39 Å². The molecule has 27 heavy (non-hydrogen) atoms. The summed E-state index contributed by atoms with van der Waals surface area (Å²) in [6.45, 7) is 0.642. The zero-order valence-corrected chi connectivity index (χ0v) is 14.5. The largest absolute Gasteiger partial charge is 0.334 e. The smallest absolute Gasteiger partial charge is 0.123 e. The SMILES string of the molecule is Fc1ccc(Cn2c3ccccc3c3ccnc(-c4cccnc4)c32)cc1. The first-order valence-electron chi connectivity index (χ1n) is 8.82. The third-order valence-electron chi connectivity index (χ3n) is 4.87. The van der Waals surface area contributed by atoms with E-state index in [9.17, 15) is 4.39 Å². The van der Waals surface area contributed by atoms with E-state index in [1.807, 2.05) is 48.8 Å². The Morgan fingerprint density at radius 1 is 0.815 bits per heavy atom. The molecule has 0 saturated heterocycles. The van der Waals surface area contributed by atoms with E-state index in [2.05, 4.69) is 32.7 Å². The van der Waals surface area contributed by atoms with E-state index in [-0.39, 0.29) is 5.82 Å². The molecule has 5 rings (SSSR count). The normalized spacial score (nSPS) is 11.3. The highest BCUT2D eigenvalue weighted by Crippen LogP contribution is 2.34. The third kappa shape index (κ3) is 2.66. The first kappa shape index (κ1) is 15.7. The van der Waals surface area contributed by atoms with Gasteiger partial charge >= 0.3 is 0 Å².